The first kappa shape index (κ1) is 13.1. The number of fused-ring (bicyclic) bond motifs is 1. The third-order valence-corrected chi connectivity index (χ3v) is 4.86. The molecular weight excluding hydrogens is 234 g/mol. The molecule has 2 unspecified atom stereocenters. The van der Waals surface area contributed by atoms with Crippen LogP contribution in [0.5, 0.6) is 0 Å². The van der Waals surface area contributed by atoms with Crippen LogP contribution in [0.1, 0.15) is 24.8 Å². The van der Waals surface area contributed by atoms with Gasteiger partial charge in [0.25, 0.3) is 0 Å². The highest BCUT2D eigenvalue weighted by molar-refractivity contribution is 5.19. The molecular formula is C17H25NO. The molecule has 2 nitrogen and oxygen atoms in total. The molecule has 0 aromatic heterocycles. The van der Waals surface area contributed by atoms with E-state index in [0.29, 0.717) is 5.41 Å². The summed E-state index contributed by atoms with van der Waals surface area (Å²) in [6.45, 7) is 2.94. The van der Waals surface area contributed by atoms with E-state index >= 15 is 0 Å². The van der Waals surface area contributed by atoms with Gasteiger partial charge in [-0.3, -0.25) is 0 Å². The van der Waals surface area contributed by atoms with Crippen LogP contribution in [-0.4, -0.2) is 26.8 Å². The minimum Gasteiger partial charge on any atom is -0.383 e. The topological polar surface area (TPSA) is 21.3 Å². The van der Waals surface area contributed by atoms with Gasteiger partial charge in [0, 0.05) is 20.2 Å². The Labute approximate surface area is 116 Å². The maximum absolute atomic E-state index is 5.13. The average Bonchev–Trinajstić information content (AvgIpc) is 3.04. The van der Waals surface area contributed by atoms with E-state index in [4.69, 9.17) is 4.74 Å². The van der Waals surface area contributed by atoms with Gasteiger partial charge in [0.1, 0.15) is 0 Å². The lowest BCUT2D eigenvalue weighted by atomic mass is 9.77. The third kappa shape index (κ3) is 3.18. The quantitative estimate of drug-likeness (QED) is 0.760. The Balaban J connectivity index is 1.60. The lowest BCUT2D eigenvalue weighted by Gasteiger charge is -2.31. The van der Waals surface area contributed by atoms with Gasteiger partial charge in [0.2, 0.25) is 0 Å². The Kier molecular flexibility index (Phi) is 3.90. The zero-order valence-corrected chi connectivity index (χ0v) is 11.9. The van der Waals surface area contributed by atoms with Crippen LogP contribution in [0, 0.1) is 17.3 Å². The Morgan fingerprint density at radius 1 is 1.21 bits per heavy atom. The van der Waals surface area contributed by atoms with Crippen LogP contribution < -0.4 is 5.32 Å². The second-order valence-electron chi connectivity index (χ2n) is 6.50. The maximum Gasteiger partial charge on any atom is 0.0587 e. The molecule has 1 aromatic carbocycles. The van der Waals surface area contributed by atoms with Crippen molar-refractivity contribution in [3.05, 3.63) is 35.9 Å². The number of ether oxygens (including phenoxy) is 1. The molecule has 2 atom stereocenters. The van der Waals surface area contributed by atoms with Gasteiger partial charge >= 0.3 is 0 Å². The zero-order valence-electron chi connectivity index (χ0n) is 11.9. The Morgan fingerprint density at radius 2 is 1.95 bits per heavy atom. The van der Waals surface area contributed by atoms with E-state index in [1.807, 2.05) is 0 Å². The van der Waals surface area contributed by atoms with Crippen molar-refractivity contribution in [1.82, 2.24) is 5.32 Å². The van der Waals surface area contributed by atoms with E-state index < -0.39 is 0 Å². The van der Waals surface area contributed by atoms with Gasteiger partial charge in [-0.05, 0) is 48.5 Å². The molecule has 3 rings (SSSR count). The maximum atomic E-state index is 5.13. The van der Waals surface area contributed by atoms with Crippen molar-refractivity contribution in [3.8, 4) is 0 Å². The second kappa shape index (κ2) is 5.64. The van der Waals surface area contributed by atoms with Gasteiger partial charge in [-0.15, -0.1) is 0 Å². The molecule has 1 aromatic rings. The summed E-state index contributed by atoms with van der Waals surface area (Å²) in [5.41, 5.74) is 2.00. The number of benzene rings is 1. The van der Waals surface area contributed by atoms with Gasteiger partial charge in [0.15, 0.2) is 0 Å². The highest BCUT2D eigenvalue weighted by Gasteiger charge is 2.53. The molecule has 1 N–H and O–H groups in total. The van der Waals surface area contributed by atoms with Crippen LogP contribution in [-0.2, 0) is 11.2 Å². The van der Waals surface area contributed by atoms with Gasteiger partial charge < -0.3 is 10.1 Å². The second-order valence-corrected chi connectivity index (χ2v) is 6.50. The largest absolute Gasteiger partial charge is 0.383 e. The van der Waals surface area contributed by atoms with Crippen molar-refractivity contribution in [2.24, 2.45) is 17.3 Å². The average molecular weight is 259 g/mol. The van der Waals surface area contributed by atoms with Crippen LogP contribution in [0.3, 0.4) is 0 Å². The predicted molar refractivity (Wildman–Crippen MR) is 78.2 cm³/mol. The number of rotatable bonds is 7. The van der Waals surface area contributed by atoms with E-state index in [-0.39, 0.29) is 0 Å². The molecule has 0 saturated heterocycles. The zero-order chi connectivity index (χ0) is 13.1. The molecule has 104 valence electrons. The first-order valence-corrected chi connectivity index (χ1v) is 7.55. The summed E-state index contributed by atoms with van der Waals surface area (Å²) in [6, 6.07) is 11.0. The molecule has 0 heterocycles. The molecule has 2 aliphatic rings. The summed E-state index contributed by atoms with van der Waals surface area (Å²) in [4.78, 5) is 0. The molecule has 0 aliphatic heterocycles. The lowest BCUT2D eigenvalue weighted by Crippen LogP contribution is -2.36. The molecule has 2 saturated carbocycles. The highest BCUT2D eigenvalue weighted by atomic mass is 16.5. The number of hydrogen-bond donors (Lipinski definition) is 1. The molecule has 2 fully saturated rings. The van der Waals surface area contributed by atoms with Crippen LogP contribution in [0.2, 0.25) is 0 Å². The van der Waals surface area contributed by atoms with E-state index in [1.54, 1.807) is 7.11 Å². The van der Waals surface area contributed by atoms with E-state index in [1.165, 1.54) is 31.2 Å². The Morgan fingerprint density at radius 3 is 2.63 bits per heavy atom. The number of nitrogens with one attached hydrogen (secondary N) is 1. The summed E-state index contributed by atoms with van der Waals surface area (Å²) < 4.78 is 5.13. The fraction of sp³-hybridized carbons (Fsp3) is 0.647. The molecule has 0 bridgehead atoms. The third-order valence-electron chi connectivity index (χ3n) is 4.86. The van der Waals surface area contributed by atoms with Crippen molar-refractivity contribution < 1.29 is 4.74 Å². The normalized spacial score (nSPS) is 32.3. The summed E-state index contributed by atoms with van der Waals surface area (Å²) in [5.74, 6) is 2.07. The van der Waals surface area contributed by atoms with Crippen molar-refractivity contribution in [2.75, 3.05) is 26.8 Å². The van der Waals surface area contributed by atoms with Crippen LogP contribution in [0.4, 0.5) is 0 Å². The lowest BCUT2D eigenvalue weighted by molar-refractivity contribution is 0.186. The first-order valence-electron chi connectivity index (χ1n) is 7.55. The molecule has 19 heavy (non-hydrogen) atoms. The van der Waals surface area contributed by atoms with Gasteiger partial charge in [-0.25, -0.2) is 0 Å². The fourth-order valence-corrected chi connectivity index (χ4v) is 3.91. The molecule has 0 spiro atoms. The Bertz CT molecular complexity index is 393. The van der Waals surface area contributed by atoms with Gasteiger partial charge in [0.05, 0.1) is 6.61 Å². The van der Waals surface area contributed by atoms with Gasteiger partial charge in [-0.2, -0.15) is 0 Å². The predicted octanol–water partition coefficient (Wildman–Crippen LogP) is 2.88. The Hall–Kier alpha value is -0.860. The molecule has 0 amide bonds. The van der Waals surface area contributed by atoms with Crippen LogP contribution >= 0.6 is 0 Å². The minimum absolute atomic E-state index is 0.503. The van der Waals surface area contributed by atoms with E-state index in [2.05, 4.69) is 35.6 Å². The summed E-state index contributed by atoms with van der Waals surface area (Å²) in [7, 11) is 1.77. The summed E-state index contributed by atoms with van der Waals surface area (Å²) in [5, 5.41) is 3.61. The SMILES string of the molecule is COCCNCC1(Cc2ccccc2)CC2CC2C1. The summed E-state index contributed by atoms with van der Waals surface area (Å²) in [6.07, 6.45) is 5.58. The van der Waals surface area contributed by atoms with E-state index in [9.17, 15) is 0 Å². The number of hydrogen-bond acceptors (Lipinski definition) is 2. The molecule has 2 aliphatic carbocycles. The first-order chi connectivity index (χ1) is 9.31. The smallest absolute Gasteiger partial charge is 0.0587 e. The minimum atomic E-state index is 0.503. The van der Waals surface area contributed by atoms with Crippen molar-refractivity contribution >= 4 is 0 Å². The van der Waals surface area contributed by atoms with Crippen molar-refractivity contribution in [3.63, 3.8) is 0 Å². The van der Waals surface area contributed by atoms with Crippen LogP contribution in [0.25, 0.3) is 0 Å². The van der Waals surface area contributed by atoms with Crippen molar-refractivity contribution in [2.45, 2.75) is 25.7 Å². The highest BCUT2D eigenvalue weighted by Crippen LogP contribution is 2.60. The van der Waals surface area contributed by atoms with Gasteiger partial charge in [-0.1, -0.05) is 30.3 Å². The van der Waals surface area contributed by atoms with Crippen molar-refractivity contribution in [1.29, 1.82) is 0 Å². The van der Waals surface area contributed by atoms with E-state index in [0.717, 1.165) is 31.5 Å². The number of methoxy groups -OCH3 is 1. The summed E-state index contributed by atoms with van der Waals surface area (Å²) >= 11 is 0. The molecule has 2 heteroatoms. The fourth-order valence-electron chi connectivity index (χ4n) is 3.91. The monoisotopic (exact) mass is 259 g/mol. The molecule has 0 radical (unpaired) electrons. The standard InChI is InChI=1S/C17H25NO/c1-19-8-7-18-13-17(11-15-9-16(15)12-17)10-14-5-3-2-4-6-14/h2-6,15-16,18H,7-13H2,1H3. The van der Waals surface area contributed by atoms with Crippen LogP contribution in [0.15, 0.2) is 30.3 Å².